The summed E-state index contributed by atoms with van der Waals surface area (Å²) >= 11 is 0. The largest absolute Gasteiger partial charge is 0.495 e. The van der Waals surface area contributed by atoms with Crippen LogP contribution in [0, 0.1) is 5.92 Å². The van der Waals surface area contributed by atoms with Crippen molar-refractivity contribution in [2.45, 2.75) is 13.8 Å². The molecule has 0 amide bonds. The molecule has 0 aliphatic rings. The van der Waals surface area contributed by atoms with Crippen molar-refractivity contribution in [1.29, 1.82) is 0 Å². The fraction of sp³-hybridized carbons (Fsp3) is 0.429. The monoisotopic (exact) mass is 142 g/mol. The molecule has 3 heteroatoms. The fourth-order valence-electron chi connectivity index (χ4n) is 0.677. The Morgan fingerprint density at radius 1 is 1.50 bits per heavy atom. The minimum atomic E-state index is -0.156. The Kier molecular flexibility index (Phi) is 3.39. The maximum Gasteiger partial charge on any atom is 0.185 e. The van der Waals surface area contributed by atoms with Gasteiger partial charge in [0.2, 0.25) is 0 Å². The van der Waals surface area contributed by atoms with Crippen LogP contribution in [0.25, 0.3) is 0 Å². The summed E-state index contributed by atoms with van der Waals surface area (Å²) in [7, 11) is 0. The number of aliphatic hydroxyl groups is 1. The maximum absolute atomic E-state index is 8.86. The van der Waals surface area contributed by atoms with E-state index in [4.69, 9.17) is 16.6 Å². The van der Waals surface area contributed by atoms with E-state index in [0.29, 0.717) is 5.57 Å². The molecule has 0 aromatic rings. The standard InChI is InChI=1S/C7H14N2O/c1-5(2)6(3-4-8)7(9)10/h3-5,10H,8-9H2,1-2H3/b4-3-,7-6-. The van der Waals surface area contributed by atoms with Crippen LogP contribution in [-0.4, -0.2) is 5.11 Å². The zero-order valence-electron chi connectivity index (χ0n) is 6.33. The maximum atomic E-state index is 8.86. The Hall–Kier alpha value is -1.12. The Morgan fingerprint density at radius 2 is 2.00 bits per heavy atom. The van der Waals surface area contributed by atoms with Crippen LogP contribution in [0.2, 0.25) is 0 Å². The Morgan fingerprint density at radius 3 is 2.10 bits per heavy atom. The molecule has 0 radical (unpaired) electrons. The highest BCUT2D eigenvalue weighted by molar-refractivity contribution is 5.21. The first kappa shape index (κ1) is 8.88. The van der Waals surface area contributed by atoms with Crippen LogP contribution in [0.3, 0.4) is 0 Å². The molecule has 3 nitrogen and oxygen atoms in total. The smallest absolute Gasteiger partial charge is 0.185 e. The number of hydrogen-bond donors (Lipinski definition) is 3. The molecule has 0 aliphatic carbocycles. The van der Waals surface area contributed by atoms with E-state index in [0.717, 1.165) is 0 Å². The van der Waals surface area contributed by atoms with Crippen LogP contribution in [0.1, 0.15) is 13.8 Å². The van der Waals surface area contributed by atoms with Gasteiger partial charge < -0.3 is 16.6 Å². The summed E-state index contributed by atoms with van der Waals surface area (Å²) < 4.78 is 0. The van der Waals surface area contributed by atoms with Crippen molar-refractivity contribution >= 4 is 0 Å². The van der Waals surface area contributed by atoms with E-state index in [1.54, 1.807) is 6.08 Å². The average molecular weight is 142 g/mol. The van der Waals surface area contributed by atoms with Crippen LogP contribution >= 0.6 is 0 Å². The third-order valence-electron chi connectivity index (χ3n) is 1.19. The minimum absolute atomic E-state index is 0.156. The molecular weight excluding hydrogens is 128 g/mol. The topological polar surface area (TPSA) is 72.3 Å². The number of allylic oxidation sites excluding steroid dienone is 2. The van der Waals surface area contributed by atoms with E-state index in [9.17, 15) is 0 Å². The van der Waals surface area contributed by atoms with E-state index < -0.39 is 0 Å². The van der Waals surface area contributed by atoms with Crippen LogP contribution in [-0.2, 0) is 0 Å². The third kappa shape index (κ3) is 2.44. The molecule has 0 bridgehead atoms. The lowest BCUT2D eigenvalue weighted by Gasteiger charge is -2.05. The van der Waals surface area contributed by atoms with E-state index in [1.165, 1.54) is 6.20 Å². The molecule has 10 heavy (non-hydrogen) atoms. The first-order chi connectivity index (χ1) is 4.59. The van der Waals surface area contributed by atoms with Crippen LogP contribution in [0.5, 0.6) is 0 Å². The van der Waals surface area contributed by atoms with Crippen molar-refractivity contribution in [2.24, 2.45) is 17.4 Å². The second kappa shape index (κ2) is 3.82. The average Bonchev–Trinajstić information content (AvgIpc) is 1.81. The second-order valence-electron chi connectivity index (χ2n) is 2.35. The molecule has 0 aromatic carbocycles. The minimum Gasteiger partial charge on any atom is -0.495 e. The molecule has 58 valence electrons. The SMILES string of the molecule is CC(C)C(/C=C\N)=C(/N)O. The molecule has 0 spiro atoms. The van der Waals surface area contributed by atoms with Crippen molar-refractivity contribution < 1.29 is 5.11 Å². The third-order valence-corrected chi connectivity index (χ3v) is 1.19. The van der Waals surface area contributed by atoms with Gasteiger partial charge in [-0.3, -0.25) is 0 Å². The molecule has 0 aliphatic heterocycles. The quantitative estimate of drug-likeness (QED) is 0.395. The van der Waals surface area contributed by atoms with Crippen molar-refractivity contribution in [1.82, 2.24) is 0 Å². The fourth-order valence-corrected chi connectivity index (χ4v) is 0.677. The van der Waals surface area contributed by atoms with Crippen LogP contribution in [0.4, 0.5) is 0 Å². The van der Waals surface area contributed by atoms with Gasteiger partial charge in [-0.25, -0.2) is 0 Å². The van der Waals surface area contributed by atoms with Gasteiger partial charge >= 0.3 is 0 Å². The van der Waals surface area contributed by atoms with Crippen molar-refractivity contribution in [3.63, 3.8) is 0 Å². The lowest BCUT2D eigenvalue weighted by molar-refractivity contribution is 0.393. The first-order valence-corrected chi connectivity index (χ1v) is 3.16. The molecule has 0 saturated heterocycles. The van der Waals surface area contributed by atoms with E-state index >= 15 is 0 Å². The summed E-state index contributed by atoms with van der Waals surface area (Å²) in [4.78, 5) is 0. The number of aliphatic hydroxyl groups excluding tert-OH is 1. The normalized spacial score (nSPS) is 14.3. The molecule has 0 rings (SSSR count). The summed E-state index contributed by atoms with van der Waals surface area (Å²) in [6.45, 7) is 3.86. The van der Waals surface area contributed by atoms with Gasteiger partial charge in [0.25, 0.3) is 0 Å². The molecule has 0 atom stereocenters. The lowest BCUT2D eigenvalue weighted by Crippen LogP contribution is -2.04. The molecule has 5 N–H and O–H groups in total. The number of rotatable bonds is 2. The summed E-state index contributed by atoms with van der Waals surface area (Å²) in [5.74, 6) is 0.0431. The van der Waals surface area contributed by atoms with Gasteiger partial charge in [0.15, 0.2) is 5.88 Å². The van der Waals surface area contributed by atoms with Crippen molar-refractivity contribution in [3.05, 3.63) is 23.7 Å². The predicted molar refractivity (Wildman–Crippen MR) is 42.0 cm³/mol. The van der Waals surface area contributed by atoms with Gasteiger partial charge in [-0.1, -0.05) is 13.8 Å². The number of nitrogens with two attached hydrogens (primary N) is 2. The number of hydrogen-bond acceptors (Lipinski definition) is 3. The molecule has 0 aromatic heterocycles. The molecule has 0 saturated carbocycles. The predicted octanol–water partition coefficient (Wildman–Crippen LogP) is 0.843. The highest BCUT2D eigenvalue weighted by Gasteiger charge is 2.02. The van der Waals surface area contributed by atoms with Crippen LogP contribution in [0.15, 0.2) is 23.7 Å². The Bertz CT molecular complexity index is 155. The summed E-state index contributed by atoms with van der Waals surface area (Å²) in [6.07, 6.45) is 2.96. The van der Waals surface area contributed by atoms with E-state index in [2.05, 4.69) is 0 Å². The zero-order valence-corrected chi connectivity index (χ0v) is 6.33. The van der Waals surface area contributed by atoms with E-state index in [-0.39, 0.29) is 11.8 Å². The Labute approximate surface area is 61.0 Å². The summed E-state index contributed by atoms with van der Waals surface area (Å²) in [6, 6.07) is 0. The van der Waals surface area contributed by atoms with Gasteiger partial charge in [-0.15, -0.1) is 0 Å². The molecule has 0 unspecified atom stereocenters. The summed E-state index contributed by atoms with van der Waals surface area (Å²) in [5.41, 5.74) is 10.9. The molecule has 0 heterocycles. The van der Waals surface area contributed by atoms with Crippen molar-refractivity contribution in [2.75, 3.05) is 0 Å². The van der Waals surface area contributed by atoms with Gasteiger partial charge in [-0.2, -0.15) is 0 Å². The Balaban J connectivity index is 4.44. The lowest BCUT2D eigenvalue weighted by atomic mass is 10.0. The first-order valence-electron chi connectivity index (χ1n) is 3.16. The van der Waals surface area contributed by atoms with E-state index in [1.807, 2.05) is 13.8 Å². The highest BCUT2D eigenvalue weighted by atomic mass is 16.3. The van der Waals surface area contributed by atoms with Crippen LogP contribution < -0.4 is 11.5 Å². The van der Waals surface area contributed by atoms with Gasteiger partial charge in [-0.05, 0) is 18.2 Å². The highest BCUT2D eigenvalue weighted by Crippen LogP contribution is 2.11. The summed E-state index contributed by atoms with van der Waals surface area (Å²) in [5, 5.41) is 8.86. The second-order valence-corrected chi connectivity index (χ2v) is 2.35. The van der Waals surface area contributed by atoms with Crippen molar-refractivity contribution in [3.8, 4) is 0 Å². The van der Waals surface area contributed by atoms with Gasteiger partial charge in [0, 0.05) is 5.57 Å². The van der Waals surface area contributed by atoms with Gasteiger partial charge in [0.05, 0.1) is 0 Å². The van der Waals surface area contributed by atoms with Gasteiger partial charge in [0.1, 0.15) is 0 Å². The molecule has 0 fully saturated rings. The molecular formula is C7H14N2O. The zero-order chi connectivity index (χ0) is 8.15.